The topological polar surface area (TPSA) is 27.3 Å². The van der Waals surface area contributed by atoms with E-state index in [9.17, 15) is 0 Å². The number of nitrogens with one attached hydrogen (secondary N) is 2. The van der Waals surface area contributed by atoms with E-state index in [2.05, 4.69) is 46.1 Å². The molecule has 1 aromatic rings. The predicted molar refractivity (Wildman–Crippen MR) is 72.5 cm³/mol. The lowest BCUT2D eigenvalue weighted by molar-refractivity contribution is 0.160. The first-order valence-electron chi connectivity index (χ1n) is 6.16. The summed E-state index contributed by atoms with van der Waals surface area (Å²) in [5, 5.41) is 5.66. The zero-order valence-corrected chi connectivity index (χ0v) is 10.5. The van der Waals surface area contributed by atoms with Gasteiger partial charge in [-0.05, 0) is 12.0 Å². The Morgan fingerprint density at radius 2 is 2.12 bits per heavy atom. The molecule has 2 saturated heterocycles. The van der Waals surface area contributed by atoms with Gasteiger partial charge in [0.15, 0.2) is 0 Å². The summed E-state index contributed by atoms with van der Waals surface area (Å²) in [5.74, 6) is 0.488. The predicted octanol–water partition coefficient (Wildman–Crippen LogP) is 1.31. The number of piperidine rings is 1. The van der Waals surface area contributed by atoms with Gasteiger partial charge in [0.25, 0.3) is 0 Å². The second kappa shape index (κ2) is 4.72. The summed E-state index contributed by atoms with van der Waals surface area (Å²) in [4.78, 5) is 1.03. The van der Waals surface area contributed by atoms with E-state index in [1.54, 1.807) is 0 Å². The highest BCUT2D eigenvalue weighted by molar-refractivity contribution is 7.80. The third-order valence-corrected chi connectivity index (χ3v) is 4.10. The molecule has 0 spiro atoms. The Labute approximate surface area is 107 Å². The highest BCUT2D eigenvalue weighted by atomic mass is 32.1. The number of nitrogens with zero attached hydrogens (tertiary/aromatic N) is 1. The van der Waals surface area contributed by atoms with Crippen LogP contribution in [0.25, 0.3) is 0 Å². The van der Waals surface area contributed by atoms with Gasteiger partial charge in [0.2, 0.25) is 0 Å². The number of benzene rings is 1. The van der Waals surface area contributed by atoms with E-state index in [1.807, 2.05) is 0 Å². The zero-order valence-electron chi connectivity index (χ0n) is 9.73. The molecule has 2 atom stereocenters. The van der Waals surface area contributed by atoms with Gasteiger partial charge in [-0.15, -0.1) is 0 Å². The molecule has 1 aromatic carbocycles. The van der Waals surface area contributed by atoms with Crippen LogP contribution in [0.4, 0.5) is 0 Å². The third kappa shape index (κ3) is 2.20. The average Bonchev–Trinajstić information content (AvgIpc) is 2.76. The van der Waals surface area contributed by atoms with Crippen molar-refractivity contribution in [3.8, 4) is 0 Å². The van der Waals surface area contributed by atoms with Crippen molar-refractivity contribution in [2.24, 2.45) is 5.92 Å². The van der Waals surface area contributed by atoms with Gasteiger partial charge >= 0.3 is 0 Å². The van der Waals surface area contributed by atoms with Crippen molar-refractivity contribution in [3.05, 3.63) is 35.9 Å². The van der Waals surface area contributed by atoms with Crippen LogP contribution >= 0.6 is 12.2 Å². The minimum absolute atomic E-state index is 0.488. The summed E-state index contributed by atoms with van der Waals surface area (Å²) >= 11 is 5.38. The first-order valence-corrected chi connectivity index (χ1v) is 6.57. The summed E-state index contributed by atoms with van der Waals surface area (Å²) in [7, 11) is 0. The van der Waals surface area contributed by atoms with Crippen LogP contribution in [-0.2, 0) is 6.54 Å². The molecule has 0 radical (unpaired) electrons. The summed E-state index contributed by atoms with van der Waals surface area (Å²) in [6, 6.07) is 11.2. The van der Waals surface area contributed by atoms with Crippen LogP contribution in [0, 0.1) is 5.92 Å². The fourth-order valence-electron chi connectivity index (χ4n) is 2.74. The Morgan fingerprint density at radius 3 is 2.94 bits per heavy atom. The molecule has 0 amide bonds. The molecule has 2 unspecified atom stereocenters. The standard InChI is InChI=1S/C13H17N3S/c17-13-11-8-15-16(12(11)6-7-14-13)9-10-4-2-1-3-5-10/h1-5,11-12,15H,6-9H2,(H,14,17). The van der Waals surface area contributed by atoms with E-state index in [0.717, 1.165) is 24.6 Å². The summed E-state index contributed by atoms with van der Waals surface area (Å²) < 4.78 is 0. The maximum atomic E-state index is 5.38. The number of hydrogen-bond acceptors (Lipinski definition) is 3. The van der Waals surface area contributed by atoms with Crippen molar-refractivity contribution in [3.63, 3.8) is 0 Å². The van der Waals surface area contributed by atoms with Crippen LogP contribution in [0.2, 0.25) is 0 Å². The van der Waals surface area contributed by atoms with Gasteiger partial charge in [-0.25, -0.2) is 5.01 Å². The van der Waals surface area contributed by atoms with E-state index in [1.165, 1.54) is 12.0 Å². The molecule has 0 aromatic heterocycles. The fourth-order valence-corrected chi connectivity index (χ4v) is 3.08. The second-order valence-corrected chi connectivity index (χ2v) is 5.17. The largest absolute Gasteiger partial charge is 0.379 e. The molecule has 17 heavy (non-hydrogen) atoms. The molecule has 0 saturated carbocycles. The second-order valence-electron chi connectivity index (χ2n) is 4.73. The lowest BCUT2D eigenvalue weighted by Crippen LogP contribution is -2.47. The molecule has 3 nitrogen and oxygen atoms in total. The van der Waals surface area contributed by atoms with Crippen LogP contribution in [-0.4, -0.2) is 29.1 Å². The van der Waals surface area contributed by atoms with Crippen molar-refractivity contribution < 1.29 is 0 Å². The van der Waals surface area contributed by atoms with Crippen LogP contribution in [0.3, 0.4) is 0 Å². The minimum atomic E-state index is 0.488. The monoisotopic (exact) mass is 247 g/mol. The Bertz CT molecular complexity index is 406. The molecule has 0 aliphatic carbocycles. The first kappa shape index (κ1) is 11.1. The average molecular weight is 247 g/mol. The van der Waals surface area contributed by atoms with E-state index >= 15 is 0 Å². The molecular formula is C13H17N3S. The van der Waals surface area contributed by atoms with Crippen molar-refractivity contribution in [2.75, 3.05) is 13.1 Å². The molecule has 2 N–H and O–H groups in total. The van der Waals surface area contributed by atoms with Crippen molar-refractivity contribution >= 4 is 17.2 Å². The summed E-state index contributed by atoms with van der Waals surface area (Å²) in [6.45, 7) is 2.95. The van der Waals surface area contributed by atoms with Crippen molar-refractivity contribution in [1.29, 1.82) is 0 Å². The number of hydrazine groups is 1. The molecule has 0 bridgehead atoms. The zero-order chi connectivity index (χ0) is 11.7. The minimum Gasteiger partial charge on any atom is -0.379 e. The first-order chi connectivity index (χ1) is 8.34. The SMILES string of the molecule is S=C1NCCC2C1CNN2Cc1ccccc1. The fraction of sp³-hybridized carbons (Fsp3) is 0.462. The maximum Gasteiger partial charge on any atom is 0.0814 e. The number of thiocarbonyl (C=S) groups is 1. The Kier molecular flexibility index (Phi) is 3.09. The lowest BCUT2D eigenvalue weighted by Gasteiger charge is -2.31. The van der Waals surface area contributed by atoms with Gasteiger partial charge in [-0.1, -0.05) is 42.5 Å². The van der Waals surface area contributed by atoms with Gasteiger partial charge in [0, 0.05) is 31.6 Å². The van der Waals surface area contributed by atoms with Gasteiger partial charge in [0.1, 0.15) is 0 Å². The van der Waals surface area contributed by atoms with Gasteiger partial charge in [-0.2, -0.15) is 0 Å². The normalized spacial score (nSPS) is 28.8. The van der Waals surface area contributed by atoms with Gasteiger partial charge in [0.05, 0.1) is 4.99 Å². The molecular weight excluding hydrogens is 230 g/mol. The van der Waals surface area contributed by atoms with E-state index in [0.29, 0.717) is 12.0 Å². The number of rotatable bonds is 2. The summed E-state index contributed by atoms with van der Waals surface area (Å²) in [6.07, 6.45) is 1.17. The van der Waals surface area contributed by atoms with E-state index < -0.39 is 0 Å². The van der Waals surface area contributed by atoms with E-state index in [4.69, 9.17) is 12.2 Å². The molecule has 3 rings (SSSR count). The highest BCUT2D eigenvalue weighted by Crippen LogP contribution is 2.24. The Hall–Kier alpha value is -0.970. The molecule has 2 aliphatic rings. The third-order valence-electron chi connectivity index (χ3n) is 3.65. The lowest BCUT2D eigenvalue weighted by atomic mass is 9.94. The molecule has 90 valence electrons. The van der Waals surface area contributed by atoms with E-state index in [-0.39, 0.29) is 0 Å². The van der Waals surface area contributed by atoms with Crippen LogP contribution in [0.15, 0.2) is 30.3 Å². The Morgan fingerprint density at radius 1 is 1.29 bits per heavy atom. The number of fused-ring (bicyclic) bond motifs is 1. The van der Waals surface area contributed by atoms with Crippen LogP contribution in [0.1, 0.15) is 12.0 Å². The number of hydrogen-bond donors (Lipinski definition) is 2. The smallest absolute Gasteiger partial charge is 0.0814 e. The molecule has 2 fully saturated rings. The summed E-state index contributed by atoms with van der Waals surface area (Å²) in [5.41, 5.74) is 4.84. The van der Waals surface area contributed by atoms with Gasteiger partial charge in [-0.3, -0.25) is 5.43 Å². The quantitative estimate of drug-likeness (QED) is 0.771. The molecule has 2 aliphatic heterocycles. The van der Waals surface area contributed by atoms with Crippen molar-refractivity contribution in [1.82, 2.24) is 15.8 Å². The van der Waals surface area contributed by atoms with Crippen LogP contribution in [0.5, 0.6) is 0 Å². The van der Waals surface area contributed by atoms with Crippen molar-refractivity contribution in [2.45, 2.75) is 19.0 Å². The van der Waals surface area contributed by atoms with Gasteiger partial charge < -0.3 is 5.32 Å². The maximum absolute atomic E-state index is 5.38. The highest BCUT2D eigenvalue weighted by Gasteiger charge is 2.38. The molecule has 2 heterocycles. The van der Waals surface area contributed by atoms with Crippen LogP contribution < -0.4 is 10.7 Å². The molecule has 4 heteroatoms. The Balaban J connectivity index is 1.71.